The molecule has 1 aromatic rings. The number of esters is 1. The van der Waals surface area contributed by atoms with Gasteiger partial charge in [0.1, 0.15) is 5.75 Å². The molecular formula is C16H23N3O2. The molecule has 1 aliphatic rings. The lowest BCUT2D eigenvalue weighted by Gasteiger charge is -2.31. The Morgan fingerprint density at radius 3 is 2.52 bits per heavy atom. The van der Waals surface area contributed by atoms with Crippen LogP contribution in [0.25, 0.3) is 0 Å². The van der Waals surface area contributed by atoms with E-state index in [-0.39, 0.29) is 11.9 Å². The van der Waals surface area contributed by atoms with E-state index in [1.807, 2.05) is 36.1 Å². The second-order valence-electron chi connectivity index (χ2n) is 5.64. The first-order valence-electron chi connectivity index (χ1n) is 7.41. The van der Waals surface area contributed by atoms with Crippen LogP contribution in [0.5, 0.6) is 5.75 Å². The average Bonchev–Trinajstić information content (AvgIpc) is 2.48. The van der Waals surface area contributed by atoms with Crippen molar-refractivity contribution in [3.8, 4) is 5.75 Å². The third-order valence-corrected chi connectivity index (χ3v) is 3.96. The summed E-state index contributed by atoms with van der Waals surface area (Å²) in [4.78, 5) is 13.7. The van der Waals surface area contributed by atoms with Gasteiger partial charge < -0.3 is 15.4 Å². The molecule has 3 N–H and O–H groups in total. The molecular weight excluding hydrogens is 266 g/mol. The third kappa shape index (κ3) is 4.77. The molecule has 21 heavy (non-hydrogen) atoms. The van der Waals surface area contributed by atoms with E-state index in [0.29, 0.717) is 18.1 Å². The SMILES string of the molecule is Cc1ccc(OC(=O)CCC2CCN(C(=N)N)CC2)cc1. The van der Waals surface area contributed by atoms with Gasteiger partial charge in [-0.1, -0.05) is 17.7 Å². The predicted octanol–water partition coefficient (Wildman–Crippen LogP) is 2.29. The fraction of sp³-hybridized carbons (Fsp3) is 0.500. The minimum atomic E-state index is -0.173. The molecule has 0 saturated carbocycles. The van der Waals surface area contributed by atoms with E-state index in [9.17, 15) is 4.79 Å². The first-order chi connectivity index (χ1) is 10.0. The Labute approximate surface area is 125 Å². The molecule has 0 atom stereocenters. The van der Waals surface area contributed by atoms with Gasteiger partial charge in [0.2, 0.25) is 0 Å². The quantitative estimate of drug-likeness (QED) is 0.386. The van der Waals surface area contributed by atoms with Gasteiger partial charge in [-0.05, 0) is 44.2 Å². The van der Waals surface area contributed by atoms with Crippen molar-refractivity contribution in [2.24, 2.45) is 11.7 Å². The van der Waals surface area contributed by atoms with Gasteiger partial charge in [0.05, 0.1) is 0 Å². The number of hydrogen-bond acceptors (Lipinski definition) is 3. The van der Waals surface area contributed by atoms with Crippen LogP contribution in [0.4, 0.5) is 0 Å². The van der Waals surface area contributed by atoms with E-state index in [1.165, 1.54) is 0 Å². The highest BCUT2D eigenvalue weighted by atomic mass is 16.5. The Morgan fingerprint density at radius 2 is 1.95 bits per heavy atom. The fourth-order valence-electron chi connectivity index (χ4n) is 2.57. The molecule has 0 aliphatic carbocycles. The highest BCUT2D eigenvalue weighted by Gasteiger charge is 2.20. The van der Waals surface area contributed by atoms with Crippen LogP contribution >= 0.6 is 0 Å². The Balaban J connectivity index is 1.70. The number of likely N-dealkylation sites (tertiary alicyclic amines) is 1. The number of carbonyl (C=O) groups excluding carboxylic acids is 1. The Hall–Kier alpha value is -2.04. The second-order valence-corrected chi connectivity index (χ2v) is 5.64. The van der Waals surface area contributed by atoms with Gasteiger partial charge in [0.25, 0.3) is 0 Å². The van der Waals surface area contributed by atoms with Crippen molar-refractivity contribution < 1.29 is 9.53 Å². The van der Waals surface area contributed by atoms with Gasteiger partial charge in [0.15, 0.2) is 5.96 Å². The number of aryl methyl sites for hydroxylation is 1. The van der Waals surface area contributed by atoms with E-state index in [1.54, 1.807) is 0 Å². The van der Waals surface area contributed by atoms with Crippen LogP contribution in [0.1, 0.15) is 31.2 Å². The normalized spacial score (nSPS) is 15.8. The number of hydrogen-bond donors (Lipinski definition) is 2. The van der Waals surface area contributed by atoms with Crippen molar-refractivity contribution in [2.45, 2.75) is 32.6 Å². The summed E-state index contributed by atoms with van der Waals surface area (Å²) >= 11 is 0. The highest BCUT2D eigenvalue weighted by molar-refractivity contribution is 5.74. The summed E-state index contributed by atoms with van der Waals surface area (Å²) in [6.07, 6.45) is 3.25. The predicted molar refractivity (Wildman–Crippen MR) is 82.3 cm³/mol. The van der Waals surface area contributed by atoms with Gasteiger partial charge in [-0.15, -0.1) is 0 Å². The minimum Gasteiger partial charge on any atom is -0.427 e. The molecule has 0 spiro atoms. The summed E-state index contributed by atoms with van der Waals surface area (Å²) in [6, 6.07) is 7.50. The van der Waals surface area contributed by atoms with E-state index in [4.69, 9.17) is 15.9 Å². The number of guanidine groups is 1. The van der Waals surface area contributed by atoms with Crippen molar-refractivity contribution in [1.29, 1.82) is 5.41 Å². The molecule has 0 amide bonds. The van der Waals surface area contributed by atoms with E-state index in [0.717, 1.165) is 37.9 Å². The molecule has 1 heterocycles. The first-order valence-corrected chi connectivity index (χ1v) is 7.41. The number of benzene rings is 1. The number of piperidine rings is 1. The van der Waals surface area contributed by atoms with Crippen LogP contribution in [0.2, 0.25) is 0 Å². The van der Waals surface area contributed by atoms with Gasteiger partial charge >= 0.3 is 5.97 Å². The molecule has 5 heteroatoms. The van der Waals surface area contributed by atoms with Crippen molar-refractivity contribution in [3.63, 3.8) is 0 Å². The van der Waals surface area contributed by atoms with Crippen molar-refractivity contribution in [2.75, 3.05) is 13.1 Å². The largest absolute Gasteiger partial charge is 0.427 e. The van der Waals surface area contributed by atoms with Crippen LogP contribution in [0.3, 0.4) is 0 Å². The average molecular weight is 289 g/mol. The number of rotatable bonds is 4. The summed E-state index contributed by atoms with van der Waals surface area (Å²) < 4.78 is 5.32. The fourth-order valence-corrected chi connectivity index (χ4v) is 2.57. The molecule has 2 rings (SSSR count). The van der Waals surface area contributed by atoms with Crippen molar-refractivity contribution in [3.05, 3.63) is 29.8 Å². The molecule has 1 aliphatic heterocycles. The molecule has 1 fully saturated rings. The van der Waals surface area contributed by atoms with Crippen LogP contribution in [0.15, 0.2) is 24.3 Å². The lowest BCUT2D eigenvalue weighted by molar-refractivity contribution is -0.134. The van der Waals surface area contributed by atoms with Gasteiger partial charge in [0, 0.05) is 19.5 Å². The van der Waals surface area contributed by atoms with E-state index >= 15 is 0 Å². The summed E-state index contributed by atoms with van der Waals surface area (Å²) in [7, 11) is 0. The summed E-state index contributed by atoms with van der Waals surface area (Å²) in [5.74, 6) is 1.10. The molecule has 0 unspecified atom stereocenters. The topological polar surface area (TPSA) is 79.4 Å². The summed E-state index contributed by atoms with van der Waals surface area (Å²) in [5, 5.41) is 7.39. The molecule has 5 nitrogen and oxygen atoms in total. The zero-order chi connectivity index (χ0) is 15.2. The van der Waals surface area contributed by atoms with Crippen LogP contribution < -0.4 is 10.5 Å². The maximum Gasteiger partial charge on any atom is 0.311 e. The third-order valence-electron chi connectivity index (χ3n) is 3.96. The van der Waals surface area contributed by atoms with Gasteiger partial charge in [-0.25, -0.2) is 0 Å². The Kier molecular flexibility index (Phi) is 5.20. The molecule has 114 valence electrons. The lowest BCUT2D eigenvalue weighted by atomic mass is 9.92. The number of ether oxygens (including phenoxy) is 1. The molecule has 0 radical (unpaired) electrons. The molecule has 0 aromatic heterocycles. The number of nitrogens with one attached hydrogen (secondary N) is 1. The van der Waals surface area contributed by atoms with Crippen LogP contribution in [-0.2, 0) is 4.79 Å². The lowest BCUT2D eigenvalue weighted by Crippen LogP contribution is -2.42. The van der Waals surface area contributed by atoms with E-state index in [2.05, 4.69) is 0 Å². The van der Waals surface area contributed by atoms with Crippen LogP contribution in [-0.4, -0.2) is 29.9 Å². The Bertz CT molecular complexity index is 491. The zero-order valence-electron chi connectivity index (χ0n) is 12.5. The Morgan fingerprint density at radius 1 is 1.33 bits per heavy atom. The van der Waals surface area contributed by atoms with Crippen molar-refractivity contribution >= 4 is 11.9 Å². The van der Waals surface area contributed by atoms with Crippen molar-refractivity contribution in [1.82, 2.24) is 4.90 Å². The second kappa shape index (κ2) is 7.11. The maximum absolute atomic E-state index is 11.8. The molecule has 0 bridgehead atoms. The van der Waals surface area contributed by atoms with E-state index < -0.39 is 0 Å². The monoisotopic (exact) mass is 289 g/mol. The highest BCUT2D eigenvalue weighted by Crippen LogP contribution is 2.22. The zero-order valence-corrected chi connectivity index (χ0v) is 12.5. The standard InChI is InChI=1S/C16H23N3O2/c1-12-2-5-14(6-3-12)21-15(20)7-4-13-8-10-19(11-9-13)16(17)18/h2-3,5-6,13H,4,7-11H2,1H3,(H3,17,18). The summed E-state index contributed by atoms with van der Waals surface area (Å²) in [5.41, 5.74) is 6.61. The number of carbonyl (C=O) groups is 1. The molecule has 1 saturated heterocycles. The van der Waals surface area contributed by atoms with Crippen LogP contribution in [0, 0.1) is 18.3 Å². The smallest absolute Gasteiger partial charge is 0.311 e. The van der Waals surface area contributed by atoms with Gasteiger partial charge in [-0.3, -0.25) is 10.2 Å². The summed E-state index contributed by atoms with van der Waals surface area (Å²) in [6.45, 7) is 3.62. The number of nitrogens with zero attached hydrogens (tertiary/aromatic N) is 1. The minimum absolute atomic E-state index is 0.146. The number of nitrogens with two attached hydrogens (primary N) is 1. The molecule has 1 aromatic carbocycles. The first kappa shape index (κ1) is 15.4. The van der Waals surface area contributed by atoms with Gasteiger partial charge in [-0.2, -0.15) is 0 Å². The maximum atomic E-state index is 11.8.